The maximum atomic E-state index is 6.14. The molecule has 2 aromatic rings. The number of ether oxygens (including phenoxy) is 1. The van der Waals surface area contributed by atoms with Crippen molar-refractivity contribution in [2.45, 2.75) is 57.1 Å². The summed E-state index contributed by atoms with van der Waals surface area (Å²) >= 11 is 5.96. The Bertz CT molecular complexity index is 817. The highest BCUT2D eigenvalue weighted by Gasteiger charge is 2.32. The third-order valence-electron chi connectivity index (χ3n) is 7.46. The first-order chi connectivity index (χ1) is 15.2. The first kappa shape index (κ1) is 21.3. The van der Waals surface area contributed by atoms with E-state index in [1.165, 1.54) is 50.9 Å². The monoisotopic (exact) mass is 438 g/mol. The van der Waals surface area contributed by atoms with Crippen LogP contribution < -0.4 is 4.74 Å². The molecule has 0 aromatic heterocycles. The first-order valence-electron chi connectivity index (χ1n) is 12.2. The standard InChI is InChI=1S/C27H35ClN2O/c28-25-7-9-26(10-8-25)31-27-11-15-30(16-12-27)20-22-17-24(18-22)23-5-3-21(4-6-23)19-29-13-1-2-14-29/h3-10,22,24,27H,1-2,11-20H2. The van der Waals surface area contributed by atoms with Crippen LogP contribution in [0.25, 0.3) is 0 Å². The van der Waals surface area contributed by atoms with Gasteiger partial charge in [-0.3, -0.25) is 4.90 Å². The van der Waals surface area contributed by atoms with E-state index in [1.807, 2.05) is 24.3 Å². The second-order valence-electron chi connectivity index (χ2n) is 9.83. The van der Waals surface area contributed by atoms with Gasteiger partial charge in [-0.1, -0.05) is 35.9 Å². The van der Waals surface area contributed by atoms with Crippen molar-refractivity contribution in [1.29, 1.82) is 0 Å². The van der Waals surface area contributed by atoms with Crippen molar-refractivity contribution < 1.29 is 4.74 Å². The summed E-state index contributed by atoms with van der Waals surface area (Å²) in [5.41, 5.74) is 3.03. The number of benzene rings is 2. The average Bonchev–Trinajstić information content (AvgIpc) is 3.27. The van der Waals surface area contributed by atoms with Crippen LogP contribution in [0.2, 0.25) is 5.02 Å². The maximum absolute atomic E-state index is 6.14. The predicted molar refractivity (Wildman–Crippen MR) is 128 cm³/mol. The fourth-order valence-corrected chi connectivity index (χ4v) is 5.66. The third kappa shape index (κ3) is 5.63. The van der Waals surface area contributed by atoms with E-state index >= 15 is 0 Å². The van der Waals surface area contributed by atoms with Crippen LogP contribution in [-0.2, 0) is 6.54 Å². The van der Waals surface area contributed by atoms with E-state index in [1.54, 1.807) is 5.56 Å². The van der Waals surface area contributed by atoms with Crippen LogP contribution in [0.15, 0.2) is 48.5 Å². The van der Waals surface area contributed by atoms with Gasteiger partial charge in [0.25, 0.3) is 0 Å². The molecule has 3 nitrogen and oxygen atoms in total. The van der Waals surface area contributed by atoms with Gasteiger partial charge in [-0.25, -0.2) is 0 Å². The van der Waals surface area contributed by atoms with Crippen LogP contribution in [0.3, 0.4) is 0 Å². The molecule has 0 N–H and O–H groups in total. The zero-order valence-electron chi connectivity index (χ0n) is 18.5. The van der Waals surface area contributed by atoms with Gasteiger partial charge in [-0.15, -0.1) is 0 Å². The molecule has 0 bridgehead atoms. The second-order valence-corrected chi connectivity index (χ2v) is 10.3. The highest BCUT2D eigenvalue weighted by atomic mass is 35.5. The van der Waals surface area contributed by atoms with Crippen LogP contribution in [0.4, 0.5) is 0 Å². The number of hydrogen-bond donors (Lipinski definition) is 0. The van der Waals surface area contributed by atoms with Gasteiger partial charge in [0.15, 0.2) is 0 Å². The first-order valence-corrected chi connectivity index (χ1v) is 12.5. The van der Waals surface area contributed by atoms with Crippen molar-refractivity contribution >= 4 is 11.6 Å². The Morgan fingerprint density at radius 1 is 0.806 bits per heavy atom. The lowest BCUT2D eigenvalue weighted by Gasteiger charge is -2.41. The summed E-state index contributed by atoms with van der Waals surface area (Å²) in [6.07, 6.45) is 8.03. The molecule has 3 fully saturated rings. The Morgan fingerprint density at radius 2 is 1.48 bits per heavy atom. The summed E-state index contributed by atoms with van der Waals surface area (Å²) in [5.74, 6) is 2.58. The maximum Gasteiger partial charge on any atom is 0.119 e. The van der Waals surface area contributed by atoms with Crippen LogP contribution >= 0.6 is 11.6 Å². The molecule has 31 heavy (non-hydrogen) atoms. The van der Waals surface area contributed by atoms with E-state index in [2.05, 4.69) is 34.1 Å². The number of rotatable bonds is 7. The molecule has 2 aromatic carbocycles. The van der Waals surface area contributed by atoms with Crippen molar-refractivity contribution in [1.82, 2.24) is 9.80 Å². The molecule has 2 aliphatic heterocycles. The van der Waals surface area contributed by atoms with Gasteiger partial charge in [0, 0.05) is 31.2 Å². The molecule has 3 aliphatic rings. The molecule has 166 valence electrons. The quantitative estimate of drug-likeness (QED) is 0.529. The molecular weight excluding hydrogens is 404 g/mol. The lowest BCUT2D eigenvalue weighted by molar-refractivity contribution is 0.0760. The van der Waals surface area contributed by atoms with E-state index in [0.717, 1.165) is 55.1 Å². The third-order valence-corrected chi connectivity index (χ3v) is 7.71. The van der Waals surface area contributed by atoms with Crippen molar-refractivity contribution in [2.75, 3.05) is 32.7 Å². The molecule has 0 atom stereocenters. The minimum atomic E-state index is 0.339. The van der Waals surface area contributed by atoms with Crippen LogP contribution in [0, 0.1) is 5.92 Å². The van der Waals surface area contributed by atoms with Crippen LogP contribution in [0.1, 0.15) is 55.6 Å². The lowest BCUT2D eigenvalue weighted by atomic mass is 9.71. The Hall–Kier alpha value is -1.55. The zero-order valence-corrected chi connectivity index (χ0v) is 19.3. The van der Waals surface area contributed by atoms with Gasteiger partial charge in [-0.05, 0) is 98.8 Å². The number of likely N-dealkylation sites (tertiary alicyclic amines) is 2. The number of nitrogens with zero attached hydrogens (tertiary/aromatic N) is 2. The summed E-state index contributed by atoms with van der Waals surface area (Å²) in [6, 6.07) is 17.3. The highest BCUT2D eigenvalue weighted by Crippen LogP contribution is 2.42. The largest absolute Gasteiger partial charge is 0.490 e. The smallest absolute Gasteiger partial charge is 0.119 e. The van der Waals surface area contributed by atoms with Crippen molar-refractivity contribution in [2.24, 2.45) is 5.92 Å². The SMILES string of the molecule is Clc1ccc(OC2CCN(CC3CC(c4ccc(CN5CCCC5)cc4)C3)CC2)cc1. The summed E-state index contributed by atoms with van der Waals surface area (Å²) in [4.78, 5) is 5.24. The minimum absolute atomic E-state index is 0.339. The molecule has 1 aliphatic carbocycles. The summed E-state index contributed by atoms with van der Waals surface area (Å²) in [7, 11) is 0. The van der Waals surface area contributed by atoms with Gasteiger partial charge in [0.05, 0.1) is 0 Å². The molecule has 5 rings (SSSR count). The fraction of sp³-hybridized carbons (Fsp3) is 0.556. The Morgan fingerprint density at radius 3 is 2.16 bits per heavy atom. The predicted octanol–water partition coefficient (Wildman–Crippen LogP) is 5.97. The average molecular weight is 439 g/mol. The molecule has 0 radical (unpaired) electrons. The summed E-state index contributed by atoms with van der Waals surface area (Å²) < 4.78 is 6.14. The molecule has 0 unspecified atom stereocenters. The van der Waals surface area contributed by atoms with Crippen LogP contribution in [-0.4, -0.2) is 48.6 Å². The zero-order chi connectivity index (χ0) is 21.0. The summed E-state index contributed by atoms with van der Waals surface area (Å²) in [5, 5.41) is 0.763. The molecule has 0 amide bonds. The van der Waals surface area contributed by atoms with Gasteiger partial charge in [-0.2, -0.15) is 0 Å². The van der Waals surface area contributed by atoms with E-state index in [0.29, 0.717) is 6.10 Å². The molecule has 2 heterocycles. The fourth-order valence-electron chi connectivity index (χ4n) is 5.53. The highest BCUT2D eigenvalue weighted by molar-refractivity contribution is 6.30. The van der Waals surface area contributed by atoms with Crippen molar-refractivity contribution in [3.63, 3.8) is 0 Å². The Labute approximate surface area is 192 Å². The molecule has 4 heteroatoms. The summed E-state index contributed by atoms with van der Waals surface area (Å²) in [6.45, 7) is 7.25. The molecule has 1 saturated carbocycles. The lowest BCUT2D eigenvalue weighted by Crippen LogP contribution is -2.42. The van der Waals surface area contributed by atoms with E-state index in [9.17, 15) is 0 Å². The van der Waals surface area contributed by atoms with Gasteiger partial charge in [0.2, 0.25) is 0 Å². The Balaban J connectivity index is 1.01. The van der Waals surface area contributed by atoms with Crippen molar-refractivity contribution in [3.05, 3.63) is 64.7 Å². The topological polar surface area (TPSA) is 15.7 Å². The number of hydrogen-bond acceptors (Lipinski definition) is 3. The van der Waals surface area contributed by atoms with E-state index in [4.69, 9.17) is 16.3 Å². The molecular formula is C27H35ClN2O. The molecule has 0 spiro atoms. The van der Waals surface area contributed by atoms with E-state index in [-0.39, 0.29) is 0 Å². The van der Waals surface area contributed by atoms with Crippen LogP contribution in [0.5, 0.6) is 5.75 Å². The van der Waals surface area contributed by atoms with Crippen molar-refractivity contribution in [3.8, 4) is 5.75 Å². The molecule has 2 saturated heterocycles. The normalized spacial score (nSPS) is 25.5. The number of halogens is 1. The number of piperidine rings is 1. The van der Waals surface area contributed by atoms with Gasteiger partial charge >= 0.3 is 0 Å². The van der Waals surface area contributed by atoms with E-state index < -0.39 is 0 Å². The second kappa shape index (κ2) is 9.94. The Kier molecular flexibility index (Phi) is 6.83. The minimum Gasteiger partial charge on any atom is -0.490 e. The van der Waals surface area contributed by atoms with Gasteiger partial charge < -0.3 is 9.64 Å². The van der Waals surface area contributed by atoms with Gasteiger partial charge in [0.1, 0.15) is 11.9 Å².